The summed E-state index contributed by atoms with van der Waals surface area (Å²) in [7, 11) is 1.74. The molecular weight excluding hydrogens is 256 g/mol. The molecule has 3 unspecified atom stereocenters. The van der Waals surface area contributed by atoms with Gasteiger partial charge >= 0.3 is 0 Å². The van der Waals surface area contributed by atoms with Crippen LogP contribution in [0.15, 0.2) is 18.2 Å². The highest BCUT2D eigenvalue weighted by molar-refractivity contribution is 5.56. The number of non-ortho nitro benzene ring substituents is 1. The molecule has 0 heterocycles. The average molecular weight is 278 g/mol. The second-order valence-corrected chi connectivity index (χ2v) is 5.73. The number of benzene rings is 1. The van der Waals surface area contributed by atoms with Crippen molar-refractivity contribution >= 4 is 11.4 Å². The number of ether oxygens (including phenoxy) is 1. The highest BCUT2D eigenvalue weighted by Crippen LogP contribution is 2.33. The minimum absolute atomic E-state index is 0.0593. The van der Waals surface area contributed by atoms with E-state index >= 15 is 0 Å². The van der Waals surface area contributed by atoms with Crippen LogP contribution in [0.1, 0.15) is 33.1 Å². The third-order valence-electron chi connectivity index (χ3n) is 4.24. The highest BCUT2D eigenvalue weighted by atomic mass is 16.6. The van der Waals surface area contributed by atoms with Crippen LogP contribution in [-0.4, -0.2) is 18.1 Å². The Kier molecular flexibility index (Phi) is 4.47. The van der Waals surface area contributed by atoms with Crippen LogP contribution in [-0.2, 0) is 0 Å². The summed E-state index contributed by atoms with van der Waals surface area (Å²) in [4.78, 5) is 10.5. The van der Waals surface area contributed by atoms with Gasteiger partial charge in [-0.05, 0) is 31.1 Å². The normalized spacial score (nSPS) is 26.1. The zero-order valence-electron chi connectivity index (χ0n) is 12.3. The molecule has 1 fully saturated rings. The summed E-state index contributed by atoms with van der Waals surface area (Å²) < 4.78 is 5.96. The van der Waals surface area contributed by atoms with Crippen LogP contribution < -0.4 is 10.1 Å². The van der Waals surface area contributed by atoms with Gasteiger partial charge in [-0.25, -0.2) is 0 Å². The summed E-state index contributed by atoms with van der Waals surface area (Å²) >= 11 is 0. The van der Waals surface area contributed by atoms with E-state index in [9.17, 15) is 10.1 Å². The third kappa shape index (κ3) is 3.40. The van der Waals surface area contributed by atoms with Gasteiger partial charge in [0.2, 0.25) is 0 Å². The highest BCUT2D eigenvalue weighted by Gasteiger charge is 2.26. The standard InChI is InChI=1S/C15H22N2O3/c1-10-4-5-14(6-11(10)2)20-15-8-12(16-3)7-13(9-15)17(18)19/h7-11,14,16H,4-6H2,1-3H3. The van der Waals surface area contributed by atoms with Crippen LogP contribution in [0.3, 0.4) is 0 Å². The molecule has 0 saturated heterocycles. The van der Waals surface area contributed by atoms with E-state index in [2.05, 4.69) is 19.2 Å². The largest absolute Gasteiger partial charge is 0.490 e. The summed E-state index contributed by atoms with van der Waals surface area (Å²) in [5.41, 5.74) is 0.760. The monoisotopic (exact) mass is 278 g/mol. The average Bonchev–Trinajstić information content (AvgIpc) is 2.42. The number of hydrogen-bond acceptors (Lipinski definition) is 4. The Bertz CT molecular complexity index is 490. The van der Waals surface area contributed by atoms with Crippen LogP contribution in [0, 0.1) is 22.0 Å². The van der Waals surface area contributed by atoms with E-state index in [4.69, 9.17) is 4.74 Å². The molecule has 1 saturated carbocycles. The lowest BCUT2D eigenvalue weighted by Gasteiger charge is -2.32. The van der Waals surface area contributed by atoms with Gasteiger partial charge in [0, 0.05) is 24.9 Å². The maximum atomic E-state index is 10.9. The predicted octanol–water partition coefficient (Wildman–Crippen LogP) is 3.84. The number of nitro groups is 1. The maximum Gasteiger partial charge on any atom is 0.275 e. The molecule has 5 nitrogen and oxygen atoms in total. The zero-order chi connectivity index (χ0) is 14.7. The van der Waals surface area contributed by atoms with Gasteiger partial charge in [-0.2, -0.15) is 0 Å². The van der Waals surface area contributed by atoms with E-state index < -0.39 is 0 Å². The number of nitrogens with one attached hydrogen (secondary N) is 1. The summed E-state index contributed by atoms with van der Waals surface area (Å²) in [5.74, 6) is 1.94. The molecule has 20 heavy (non-hydrogen) atoms. The summed E-state index contributed by atoms with van der Waals surface area (Å²) in [6, 6.07) is 4.83. The van der Waals surface area contributed by atoms with Crippen LogP contribution in [0.5, 0.6) is 5.75 Å². The Labute approximate surface area is 119 Å². The Morgan fingerprint density at radius 1 is 1.25 bits per heavy atom. The van der Waals surface area contributed by atoms with Crippen molar-refractivity contribution in [2.75, 3.05) is 12.4 Å². The van der Waals surface area contributed by atoms with E-state index in [1.54, 1.807) is 7.05 Å². The van der Waals surface area contributed by atoms with Crippen LogP contribution >= 0.6 is 0 Å². The lowest BCUT2D eigenvalue weighted by Crippen LogP contribution is -2.28. The van der Waals surface area contributed by atoms with E-state index in [1.807, 2.05) is 6.07 Å². The summed E-state index contributed by atoms with van der Waals surface area (Å²) in [6.45, 7) is 4.51. The molecular formula is C15H22N2O3. The lowest BCUT2D eigenvalue weighted by atomic mass is 9.80. The van der Waals surface area contributed by atoms with Crippen molar-refractivity contribution in [3.63, 3.8) is 0 Å². The van der Waals surface area contributed by atoms with Gasteiger partial charge in [-0.3, -0.25) is 10.1 Å². The molecule has 0 spiro atoms. The molecule has 1 N–H and O–H groups in total. The first-order valence-corrected chi connectivity index (χ1v) is 7.13. The van der Waals surface area contributed by atoms with E-state index in [1.165, 1.54) is 12.1 Å². The quantitative estimate of drug-likeness (QED) is 0.671. The minimum Gasteiger partial charge on any atom is -0.490 e. The lowest BCUT2D eigenvalue weighted by molar-refractivity contribution is -0.384. The zero-order valence-corrected chi connectivity index (χ0v) is 12.3. The molecule has 1 aromatic carbocycles. The van der Waals surface area contributed by atoms with Gasteiger partial charge in [-0.15, -0.1) is 0 Å². The number of anilines is 1. The number of rotatable bonds is 4. The number of nitro benzene ring substituents is 1. The van der Waals surface area contributed by atoms with Gasteiger partial charge in [-0.1, -0.05) is 13.8 Å². The Hall–Kier alpha value is -1.78. The van der Waals surface area contributed by atoms with Crippen molar-refractivity contribution in [3.8, 4) is 5.75 Å². The van der Waals surface area contributed by atoms with Crippen LogP contribution in [0.2, 0.25) is 0 Å². The van der Waals surface area contributed by atoms with Crippen LogP contribution in [0.25, 0.3) is 0 Å². The maximum absolute atomic E-state index is 10.9. The first-order chi connectivity index (χ1) is 9.49. The van der Waals surface area contributed by atoms with Crippen molar-refractivity contribution in [2.24, 2.45) is 11.8 Å². The fourth-order valence-corrected chi connectivity index (χ4v) is 2.70. The molecule has 1 aliphatic rings. The Morgan fingerprint density at radius 3 is 2.60 bits per heavy atom. The van der Waals surface area contributed by atoms with Gasteiger partial charge in [0.1, 0.15) is 5.75 Å². The van der Waals surface area contributed by atoms with E-state index in [-0.39, 0.29) is 16.7 Å². The van der Waals surface area contributed by atoms with Crippen molar-refractivity contribution in [1.82, 2.24) is 0 Å². The molecule has 0 amide bonds. The molecule has 3 atom stereocenters. The smallest absolute Gasteiger partial charge is 0.275 e. The van der Waals surface area contributed by atoms with Crippen molar-refractivity contribution in [3.05, 3.63) is 28.3 Å². The fourth-order valence-electron chi connectivity index (χ4n) is 2.70. The molecule has 0 aliphatic heterocycles. The fraction of sp³-hybridized carbons (Fsp3) is 0.600. The third-order valence-corrected chi connectivity index (χ3v) is 4.24. The second kappa shape index (κ2) is 6.11. The predicted molar refractivity (Wildman–Crippen MR) is 79.2 cm³/mol. The number of nitrogens with zero attached hydrogens (tertiary/aromatic N) is 1. The van der Waals surface area contributed by atoms with E-state index in [0.717, 1.165) is 25.2 Å². The van der Waals surface area contributed by atoms with Crippen molar-refractivity contribution in [1.29, 1.82) is 0 Å². The Balaban J connectivity index is 2.12. The van der Waals surface area contributed by atoms with Crippen molar-refractivity contribution in [2.45, 2.75) is 39.2 Å². The summed E-state index contributed by atoms with van der Waals surface area (Å²) in [6.07, 6.45) is 3.34. The first-order valence-electron chi connectivity index (χ1n) is 7.13. The number of hydrogen-bond donors (Lipinski definition) is 1. The molecule has 1 aliphatic carbocycles. The molecule has 1 aromatic rings. The molecule has 0 bridgehead atoms. The van der Waals surface area contributed by atoms with Crippen molar-refractivity contribution < 1.29 is 9.66 Å². The van der Waals surface area contributed by atoms with Gasteiger partial charge in [0.25, 0.3) is 5.69 Å². The van der Waals surface area contributed by atoms with Crippen LogP contribution in [0.4, 0.5) is 11.4 Å². The van der Waals surface area contributed by atoms with Gasteiger partial charge in [0.15, 0.2) is 0 Å². The molecule has 110 valence electrons. The first kappa shape index (κ1) is 14.6. The molecule has 5 heteroatoms. The summed E-state index contributed by atoms with van der Waals surface area (Å²) in [5, 5.41) is 13.9. The SMILES string of the molecule is CNc1cc(OC2CCC(C)C(C)C2)cc([N+](=O)[O-])c1. The Morgan fingerprint density at radius 2 is 2.00 bits per heavy atom. The van der Waals surface area contributed by atoms with Gasteiger partial charge < -0.3 is 10.1 Å². The minimum atomic E-state index is -0.390. The van der Waals surface area contributed by atoms with Gasteiger partial charge in [0.05, 0.1) is 17.1 Å². The topological polar surface area (TPSA) is 64.4 Å². The molecule has 0 aromatic heterocycles. The van der Waals surface area contributed by atoms with E-state index in [0.29, 0.717) is 17.4 Å². The second-order valence-electron chi connectivity index (χ2n) is 5.73. The molecule has 2 rings (SSSR count). The molecule has 0 radical (unpaired) electrons.